The number of ether oxygens (including phenoxy) is 4. The molecule has 59 heavy (non-hydrogen) atoms. The fraction of sp³-hybridized carbons (Fsp3) is 0.294. The number of likely N-dealkylation sites (N-methyl/N-ethyl adjacent to an activating group) is 2. The summed E-state index contributed by atoms with van der Waals surface area (Å²) < 4.78 is 28.4. The van der Waals surface area contributed by atoms with E-state index in [4.69, 9.17) is 18.9 Å². The van der Waals surface area contributed by atoms with Gasteiger partial charge in [0.1, 0.15) is 11.5 Å². The predicted molar refractivity (Wildman–Crippen MR) is 243 cm³/mol. The second-order valence-electron chi connectivity index (χ2n) is 15.8. The Hall–Kier alpha value is -5.64. The smallest absolute Gasteiger partial charge is 0.188 e. The van der Waals surface area contributed by atoms with Gasteiger partial charge in [0.05, 0.1) is 33.4 Å². The van der Waals surface area contributed by atoms with Crippen molar-refractivity contribution in [1.29, 1.82) is 0 Å². The fourth-order valence-corrected chi connectivity index (χ4v) is 8.75. The normalized spacial score (nSPS) is 11.9. The van der Waals surface area contributed by atoms with Gasteiger partial charge in [0.2, 0.25) is 0 Å². The van der Waals surface area contributed by atoms with Crippen molar-refractivity contribution in [2.24, 2.45) is 0 Å². The van der Waals surface area contributed by atoms with E-state index < -0.39 is 0 Å². The number of aryl methyl sites for hydroxylation is 2. The van der Waals surface area contributed by atoms with Crippen molar-refractivity contribution in [3.8, 4) is 22.9 Å². The Bertz CT molecular complexity index is 2420. The Kier molecular flexibility index (Phi) is 12.3. The first kappa shape index (κ1) is 40.2. The third kappa shape index (κ3) is 8.32. The maximum atomic E-state index is 6.42. The standard InChI is InChI=1S/C51H56N4O4/c1-36-30-38(50(58-34-56-5)48(32-36)54-44-20-11-7-16-40(44)41-17-8-12-21-45(41)54)24-28-52(3)26-15-27-53(4)29-25-39-31-37(2)33-49(51(39)59-35-57-6)55-46-22-13-9-18-42(46)43-19-10-14-23-47(43)55/h7-14,16-23,30-33H,15,24-29,34-35H2,1-6H3. The Balaban J connectivity index is 0.947. The molecule has 304 valence electrons. The highest BCUT2D eigenvalue weighted by Crippen LogP contribution is 2.39. The molecule has 0 saturated carbocycles. The lowest BCUT2D eigenvalue weighted by atomic mass is 10.0. The van der Waals surface area contributed by atoms with Gasteiger partial charge in [-0.2, -0.15) is 0 Å². The van der Waals surface area contributed by atoms with Crippen LogP contribution in [0.5, 0.6) is 11.5 Å². The Morgan fingerprint density at radius 2 is 0.797 bits per heavy atom. The molecule has 0 aliphatic carbocycles. The molecule has 2 aromatic heterocycles. The molecule has 8 nitrogen and oxygen atoms in total. The maximum absolute atomic E-state index is 6.42. The van der Waals surface area contributed by atoms with E-state index in [-0.39, 0.29) is 13.6 Å². The molecule has 8 aromatic rings. The van der Waals surface area contributed by atoms with Gasteiger partial charge in [0.15, 0.2) is 13.6 Å². The number of benzene rings is 6. The molecule has 0 N–H and O–H groups in total. The van der Waals surface area contributed by atoms with Crippen molar-refractivity contribution in [1.82, 2.24) is 18.9 Å². The molecular formula is C51H56N4O4. The van der Waals surface area contributed by atoms with Crippen molar-refractivity contribution < 1.29 is 18.9 Å². The van der Waals surface area contributed by atoms with Gasteiger partial charge in [-0.05, 0) is 119 Å². The molecule has 0 aliphatic rings. The molecule has 8 heteroatoms. The summed E-state index contributed by atoms with van der Waals surface area (Å²) >= 11 is 0. The van der Waals surface area contributed by atoms with E-state index in [0.717, 1.165) is 68.3 Å². The highest BCUT2D eigenvalue weighted by molar-refractivity contribution is 6.10. The summed E-state index contributed by atoms with van der Waals surface area (Å²) in [4.78, 5) is 4.87. The minimum absolute atomic E-state index is 0.187. The molecule has 6 aromatic carbocycles. The molecule has 0 bridgehead atoms. The van der Waals surface area contributed by atoms with Crippen LogP contribution in [0.1, 0.15) is 28.7 Å². The molecule has 2 heterocycles. The number of rotatable bonds is 18. The van der Waals surface area contributed by atoms with Gasteiger partial charge < -0.3 is 37.9 Å². The number of hydrogen-bond donors (Lipinski definition) is 0. The lowest BCUT2D eigenvalue weighted by Crippen LogP contribution is -2.28. The molecule has 0 radical (unpaired) electrons. The van der Waals surface area contributed by atoms with E-state index in [1.54, 1.807) is 14.2 Å². The molecule has 0 saturated heterocycles. The second-order valence-corrected chi connectivity index (χ2v) is 15.8. The zero-order valence-corrected chi connectivity index (χ0v) is 35.3. The Morgan fingerprint density at radius 3 is 1.14 bits per heavy atom. The summed E-state index contributed by atoms with van der Waals surface area (Å²) in [5.74, 6) is 1.76. The van der Waals surface area contributed by atoms with Gasteiger partial charge in [-0.1, -0.05) is 84.9 Å². The number of methoxy groups -OCH3 is 2. The minimum atomic E-state index is 0.187. The third-order valence-electron chi connectivity index (χ3n) is 11.5. The summed E-state index contributed by atoms with van der Waals surface area (Å²) in [6, 6.07) is 43.5. The number of aromatic nitrogens is 2. The summed E-state index contributed by atoms with van der Waals surface area (Å²) in [7, 11) is 7.81. The van der Waals surface area contributed by atoms with E-state index in [2.05, 4.69) is 168 Å². The van der Waals surface area contributed by atoms with Crippen molar-refractivity contribution in [3.63, 3.8) is 0 Å². The highest BCUT2D eigenvalue weighted by Gasteiger charge is 2.21. The Morgan fingerprint density at radius 1 is 0.458 bits per heavy atom. The molecule has 0 amide bonds. The first-order valence-corrected chi connectivity index (χ1v) is 20.7. The van der Waals surface area contributed by atoms with Crippen LogP contribution in [0.3, 0.4) is 0 Å². The van der Waals surface area contributed by atoms with Crippen LogP contribution in [0.4, 0.5) is 0 Å². The summed E-state index contributed by atoms with van der Waals surface area (Å²) in [5, 5.41) is 4.93. The van der Waals surface area contributed by atoms with Crippen LogP contribution in [-0.2, 0) is 22.3 Å². The van der Waals surface area contributed by atoms with E-state index in [0.29, 0.717) is 0 Å². The van der Waals surface area contributed by atoms with E-state index in [1.807, 2.05) is 0 Å². The van der Waals surface area contributed by atoms with Gasteiger partial charge in [-0.15, -0.1) is 0 Å². The number of fused-ring (bicyclic) bond motifs is 6. The Labute approximate surface area is 348 Å². The highest BCUT2D eigenvalue weighted by atomic mass is 16.7. The lowest BCUT2D eigenvalue weighted by molar-refractivity contribution is 0.0502. The van der Waals surface area contributed by atoms with E-state index in [9.17, 15) is 0 Å². The van der Waals surface area contributed by atoms with E-state index >= 15 is 0 Å². The molecule has 8 rings (SSSR count). The fourth-order valence-electron chi connectivity index (χ4n) is 8.75. The number of nitrogens with zero attached hydrogens (tertiary/aromatic N) is 4. The monoisotopic (exact) mass is 788 g/mol. The SMILES string of the molecule is COCOc1c(CCN(C)CCCN(C)CCc2cc(C)cc(-n3c4ccccc4c4ccccc43)c2OCOC)cc(C)cc1-n1c2ccccc2c2ccccc21. The minimum Gasteiger partial charge on any atom is -0.465 e. The molecule has 0 unspecified atom stereocenters. The van der Waals surface area contributed by atoms with Crippen LogP contribution in [0.15, 0.2) is 121 Å². The lowest BCUT2D eigenvalue weighted by Gasteiger charge is -2.23. The third-order valence-corrected chi connectivity index (χ3v) is 11.5. The van der Waals surface area contributed by atoms with Crippen molar-refractivity contribution in [2.75, 3.05) is 68.1 Å². The number of para-hydroxylation sites is 4. The van der Waals surface area contributed by atoms with Crippen LogP contribution in [0.2, 0.25) is 0 Å². The van der Waals surface area contributed by atoms with Crippen LogP contribution >= 0.6 is 0 Å². The quantitative estimate of drug-likeness (QED) is 0.0808. The summed E-state index contributed by atoms with van der Waals surface area (Å²) in [6.45, 7) is 8.54. The van der Waals surface area contributed by atoms with Gasteiger partial charge >= 0.3 is 0 Å². The molecular weight excluding hydrogens is 733 g/mol. The van der Waals surface area contributed by atoms with Crippen LogP contribution in [0, 0.1) is 13.8 Å². The van der Waals surface area contributed by atoms with Crippen molar-refractivity contribution in [2.45, 2.75) is 33.1 Å². The summed E-state index contributed by atoms with van der Waals surface area (Å²) in [5.41, 5.74) is 11.5. The number of hydrogen-bond acceptors (Lipinski definition) is 6. The average Bonchev–Trinajstić information content (AvgIpc) is 3.77. The van der Waals surface area contributed by atoms with Gasteiger partial charge in [0.25, 0.3) is 0 Å². The molecule has 0 spiro atoms. The van der Waals surface area contributed by atoms with Crippen LogP contribution in [-0.4, -0.2) is 87.0 Å². The van der Waals surface area contributed by atoms with Crippen LogP contribution in [0.25, 0.3) is 55.0 Å². The van der Waals surface area contributed by atoms with E-state index in [1.165, 1.54) is 65.9 Å². The largest absolute Gasteiger partial charge is 0.465 e. The molecule has 0 fully saturated rings. The summed E-state index contributed by atoms with van der Waals surface area (Å²) in [6.07, 6.45) is 2.79. The molecule has 0 atom stereocenters. The second kappa shape index (κ2) is 18.1. The zero-order chi connectivity index (χ0) is 40.9. The zero-order valence-electron chi connectivity index (χ0n) is 35.3. The van der Waals surface area contributed by atoms with Crippen molar-refractivity contribution >= 4 is 43.6 Å². The van der Waals surface area contributed by atoms with Gasteiger partial charge in [-0.3, -0.25) is 0 Å². The van der Waals surface area contributed by atoms with Gasteiger partial charge in [0, 0.05) is 48.9 Å². The topological polar surface area (TPSA) is 53.3 Å². The molecule has 0 aliphatic heterocycles. The predicted octanol–water partition coefficient (Wildman–Crippen LogP) is 10.5. The first-order chi connectivity index (χ1) is 28.9. The maximum Gasteiger partial charge on any atom is 0.188 e. The average molecular weight is 789 g/mol. The first-order valence-electron chi connectivity index (χ1n) is 20.7. The van der Waals surface area contributed by atoms with Crippen LogP contribution < -0.4 is 9.47 Å². The van der Waals surface area contributed by atoms with Gasteiger partial charge in [-0.25, -0.2) is 0 Å². The van der Waals surface area contributed by atoms with Crippen molar-refractivity contribution in [3.05, 3.63) is 144 Å².